The van der Waals surface area contributed by atoms with E-state index in [1.54, 1.807) is 14.2 Å². The van der Waals surface area contributed by atoms with Gasteiger partial charge in [-0.2, -0.15) is 0 Å². The van der Waals surface area contributed by atoms with Gasteiger partial charge in [0.15, 0.2) is 0 Å². The molecule has 0 saturated heterocycles. The molecule has 0 fully saturated rings. The van der Waals surface area contributed by atoms with Crippen LogP contribution >= 0.6 is 8.81 Å². The van der Waals surface area contributed by atoms with Crippen molar-refractivity contribution in [1.82, 2.24) is 0 Å². The Balaban J connectivity index is 1.69. The molecule has 0 aromatic heterocycles. The Morgan fingerprint density at radius 3 is 1.75 bits per heavy atom. The van der Waals surface area contributed by atoms with Gasteiger partial charge in [-0.05, 0) is 11.1 Å². The molecule has 0 aliphatic rings. The molecule has 3 nitrogen and oxygen atoms in total. The lowest BCUT2D eigenvalue weighted by Crippen LogP contribution is -1.97. The maximum absolute atomic E-state index is 5.89. The molecular weight excluding hydrogens is 319 g/mol. The molecular formula is C20H19O3P. The Labute approximate surface area is 144 Å². The van der Waals surface area contributed by atoms with Crippen molar-refractivity contribution in [3.8, 4) is 28.4 Å². The summed E-state index contributed by atoms with van der Waals surface area (Å²) in [7, 11) is 3.48. The highest BCUT2D eigenvalue weighted by Crippen LogP contribution is 2.31. The molecule has 3 rings (SSSR count). The third kappa shape index (κ3) is 4.06. The average Bonchev–Trinajstić information content (AvgIpc) is 2.67. The first-order chi connectivity index (χ1) is 11.8. The van der Waals surface area contributed by atoms with E-state index in [0.717, 1.165) is 11.1 Å². The van der Waals surface area contributed by atoms with Gasteiger partial charge in [0.2, 0.25) is 0 Å². The monoisotopic (exact) mass is 338 g/mol. The van der Waals surface area contributed by atoms with Gasteiger partial charge in [-0.25, -0.2) is 0 Å². The van der Waals surface area contributed by atoms with Crippen LogP contribution in [0.3, 0.4) is 0 Å². The zero-order valence-electron chi connectivity index (χ0n) is 13.7. The first-order valence-corrected chi connectivity index (χ1v) is 8.51. The summed E-state index contributed by atoms with van der Waals surface area (Å²) in [5.74, 6) is 2.17. The van der Waals surface area contributed by atoms with Crippen LogP contribution in [0.5, 0.6) is 17.2 Å². The first kappa shape index (κ1) is 16.4. The molecule has 0 spiro atoms. The first-order valence-electron chi connectivity index (χ1n) is 7.60. The van der Waals surface area contributed by atoms with Gasteiger partial charge in [-0.3, -0.25) is 0 Å². The van der Waals surface area contributed by atoms with Crippen molar-refractivity contribution in [1.29, 1.82) is 0 Å². The van der Waals surface area contributed by atoms with Crippen LogP contribution in [-0.4, -0.2) is 14.2 Å². The molecule has 0 aliphatic heterocycles. The standard InChI is InChI=1S/C20H19O3P/c1-21-17-12-18(22-2)14-19(13-17)23-24-20-10-8-16(9-11-20)15-6-4-3-5-7-15/h3-14,24H,1-2H3. The van der Waals surface area contributed by atoms with Gasteiger partial charge in [0.25, 0.3) is 0 Å². The van der Waals surface area contributed by atoms with Crippen LogP contribution in [0.2, 0.25) is 0 Å². The fraction of sp³-hybridized carbons (Fsp3) is 0.100. The maximum Gasteiger partial charge on any atom is 0.130 e. The van der Waals surface area contributed by atoms with Crippen molar-refractivity contribution < 1.29 is 14.0 Å². The summed E-state index contributed by atoms with van der Waals surface area (Å²) in [4.78, 5) is 0. The normalized spacial score (nSPS) is 10.8. The van der Waals surface area contributed by atoms with E-state index in [2.05, 4.69) is 36.4 Å². The minimum absolute atomic E-state index is 0.220. The third-order valence-corrected chi connectivity index (χ3v) is 4.51. The molecule has 0 aliphatic carbocycles. The van der Waals surface area contributed by atoms with Crippen LogP contribution in [0.25, 0.3) is 11.1 Å². The minimum Gasteiger partial charge on any atom is -0.496 e. The summed E-state index contributed by atoms with van der Waals surface area (Å²) in [5, 5.41) is 1.14. The molecule has 0 amide bonds. The zero-order valence-corrected chi connectivity index (χ0v) is 14.7. The Morgan fingerprint density at radius 2 is 1.17 bits per heavy atom. The van der Waals surface area contributed by atoms with Crippen LogP contribution < -0.4 is 19.3 Å². The molecule has 1 atom stereocenters. The van der Waals surface area contributed by atoms with Gasteiger partial charge < -0.3 is 14.0 Å². The second-order valence-electron chi connectivity index (χ2n) is 5.20. The Bertz CT molecular complexity index is 763. The maximum atomic E-state index is 5.89. The van der Waals surface area contributed by atoms with Gasteiger partial charge in [-0.15, -0.1) is 0 Å². The molecule has 0 bridgehead atoms. The van der Waals surface area contributed by atoms with Crippen LogP contribution in [0.15, 0.2) is 72.8 Å². The SMILES string of the molecule is COc1cc(OC)cc(OPc2ccc(-c3ccccc3)cc2)c1. The number of hydrogen-bond donors (Lipinski definition) is 0. The largest absolute Gasteiger partial charge is 0.496 e. The summed E-state index contributed by atoms with van der Waals surface area (Å²) in [6.07, 6.45) is 0. The quantitative estimate of drug-likeness (QED) is 0.611. The second-order valence-corrected chi connectivity index (χ2v) is 6.18. The lowest BCUT2D eigenvalue weighted by molar-refractivity contribution is 0.391. The summed E-state index contributed by atoms with van der Waals surface area (Å²) < 4.78 is 16.4. The van der Waals surface area contributed by atoms with Crippen molar-refractivity contribution in [3.63, 3.8) is 0 Å². The van der Waals surface area contributed by atoms with Gasteiger partial charge in [-0.1, -0.05) is 54.6 Å². The Hall–Kier alpha value is -2.51. The van der Waals surface area contributed by atoms with E-state index < -0.39 is 0 Å². The molecule has 24 heavy (non-hydrogen) atoms. The molecule has 0 N–H and O–H groups in total. The predicted molar refractivity (Wildman–Crippen MR) is 100 cm³/mol. The highest BCUT2D eigenvalue weighted by atomic mass is 31.1. The number of methoxy groups -OCH3 is 2. The molecule has 122 valence electrons. The molecule has 0 radical (unpaired) electrons. The molecule has 4 heteroatoms. The zero-order chi connectivity index (χ0) is 16.8. The highest BCUT2D eigenvalue weighted by molar-refractivity contribution is 7.42. The van der Waals surface area contributed by atoms with Gasteiger partial charge in [0.1, 0.15) is 26.1 Å². The third-order valence-electron chi connectivity index (χ3n) is 3.60. The molecule has 3 aromatic rings. The van der Waals surface area contributed by atoms with Crippen LogP contribution in [0.1, 0.15) is 0 Å². The van der Waals surface area contributed by atoms with E-state index in [0.29, 0.717) is 11.5 Å². The van der Waals surface area contributed by atoms with Crippen molar-refractivity contribution in [2.75, 3.05) is 14.2 Å². The van der Waals surface area contributed by atoms with Gasteiger partial charge in [0.05, 0.1) is 14.2 Å². The predicted octanol–water partition coefficient (Wildman–Crippen LogP) is 4.67. The highest BCUT2D eigenvalue weighted by Gasteiger charge is 2.04. The van der Waals surface area contributed by atoms with E-state index in [9.17, 15) is 0 Å². The smallest absolute Gasteiger partial charge is 0.130 e. The number of ether oxygens (including phenoxy) is 2. The lowest BCUT2D eigenvalue weighted by atomic mass is 10.1. The topological polar surface area (TPSA) is 27.7 Å². The fourth-order valence-corrected chi connectivity index (χ4v) is 2.98. The van der Waals surface area contributed by atoms with E-state index in [1.807, 2.05) is 36.4 Å². The van der Waals surface area contributed by atoms with Crippen molar-refractivity contribution in [3.05, 3.63) is 72.8 Å². The summed E-state index contributed by atoms with van der Waals surface area (Å²) in [5.41, 5.74) is 2.41. The van der Waals surface area contributed by atoms with E-state index >= 15 is 0 Å². The lowest BCUT2D eigenvalue weighted by Gasteiger charge is -2.10. The summed E-state index contributed by atoms with van der Waals surface area (Å²) in [6.45, 7) is 0. The average molecular weight is 338 g/mol. The molecule has 1 unspecified atom stereocenters. The minimum atomic E-state index is 0.220. The number of hydrogen-bond acceptors (Lipinski definition) is 3. The van der Waals surface area contributed by atoms with Crippen LogP contribution in [0.4, 0.5) is 0 Å². The summed E-state index contributed by atoms with van der Waals surface area (Å²) >= 11 is 0. The van der Waals surface area contributed by atoms with Gasteiger partial charge >= 0.3 is 0 Å². The fourth-order valence-electron chi connectivity index (χ4n) is 2.32. The van der Waals surface area contributed by atoms with Crippen LogP contribution in [0, 0.1) is 0 Å². The Kier molecular flexibility index (Phi) is 5.35. The van der Waals surface area contributed by atoms with E-state index in [4.69, 9.17) is 14.0 Å². The summed E-state index contributed by atoms with van der Waals surface area (Å²) in [6, 6.07) is 24.3. The molecule has 0 saturated carbocycles. The van der Waals surface area contributed by atoms with Crippen molar-refractivity contribution in [2.24, 2.45) is 0 Å². The number of benzene rings is 3. The van der Waals surface area contributed by atoms with Gasteiger partial charge in [0, 0.05) is 23.5 Å². The van der Waals surface area contributed by atoms with E-state index in [1.165, 1.54) is 11.1 Å². The Morgan fingerprint density at radius 1 is 0.625 bits per heavy atom. The number of rotatable bonds is 6. The van der Waals surface area contributed by atoms with Crippen LogP contribution in [-0.2, 0) is 0 Å². The van der Waals surface area contributed by atoms with Crippen molar-refractivity contribution in [2.45, 2.75) is 0 Å². The second kappa shape index (κ2) is 7.85. The van der Waals surface area contributed by atoms with Crippen molar-refractivity contribution >= 4 is 14.1 Å². The molecule has 3 aromatic carbocycles. The molecule has 0 heterocycles. The van der Waals surface area contributed by atoms with E-state index in [-0.39, 0.29) is 8.81 Å².